The van der Waals surface area contributed by atoms with E-state index in [-0.39, 0.29) is 10.8 Å². The zero-order chi connectivity index (χ0) is 18.4. The lowest BCUT2D eigenvalue weighted by atomic mass is 10.0. The number of amides is 1. The third kappa shape index (κ3) is 4.67. The topological polar surface area (TPSA) is 75.3 Å². The van der Waals surface area contributed by atoms with Crippen LogP contribution in [0.5, 0.6) is 0 Å². The highest BCUT2D eigenvalue weighted by atomic mass is 32.2. The highest BCUT2D eigenvalue weighted by Crippen LogP contribution is 2.23. The van der Waals surface area contributed by atoms with Crippen LogP contribution in [0.2, 0.25) is 0 Å². The number of nitrogens with one attached hydrogen (secondary N) is 2. The largest absolute Gasteiger partial charge is 0.324 e. The molecule has 0 spiro atoms. The minimum Gasteiger partial charge on any atom is -0.324 e. The van der Waals surface area contributed by atoms with Gasteiger partial charge in [0.05, 0.1) is 10.9 Å². The lowest BCUT2D eigenvalue weighted by Crippen LogP contribution is -2.41. The number of carbonyl (C=O) groups is 1. The van der Waals surface area contributed by atoms with Crippen LogP contribution in [-0.4, -0.2) is 20.4 Å². The van der Waals surface area contributed by atoms with Crippen molar-refractivity contribution in [1.29, 1.82) is 0 Å². The van der Waals surface area contributed by atoms with Crippen molar-refractivity contribution in [3.05, 3.63) is 59.7 Å². The average molecular weight is 360 g/mol. The molecule has 0 unspecified atom stereocenters. The van der Waals surface area contributed by atoms with Crippen molar-refractivity contribution in [2.24, 2.45) is 0 Å². The standard InChI is InChI=1S/C19H24N2O3S/c1-4-15-10-9-11-16(5-2)18(15)20-19(22)14(3)21-25(23,24)17-12-7-6-8-13-17/h6-14,21H,4-5H2,1-3H3,(H,20,22)/t14-/m0/s1. The molecule has 0 aliphatic heterocycles. The number of sulfonamides is 1. The molecule has 0 saturated heterocycles. The summed E-state index contributed by atoms with van der Waals surface area (Å²) in [5.74, 6) is -0.380. The van der Waals surface area contributed by atoms with Gasteiger partial charge in [-0.1, -0.05) is 50.2 Å². The second kappa shape index (κ2) is 8.27. The van der Waals surface area contributed by atoms with E-state index in [1.165, 1.54) is 19.1 Å². The molecule has 2 N–H and O–H groups in total. The van der Waals surface area contributed by atoms with Gasteiger partial charge in [-0.2, -0.15) is 4.72 Å². The number of carbonyl (C=O) groups excluding carboxylic acids is 1. The predicted molar refractivity (Wildman–Crippen MR) is 100 cm³/mol. The van der Waals surface area contributed by atoms with Crippen LogP contribution < -0.4 is 10.0 Å². The molecule has 0 heterocycles. The molecule has 5 nitrogen and oxygen atoms in total. The Morgan fingerprint density at radius 1 is 0.960 bits per heavy atom. The maximum absolute atomic E-state index is 12.5. The molecule has 0 radical (unpaired) electrons. The summed E-state index contributed by atoms with van der Waals surface area (Å²) in [6, 6.07) is 13.0. The second-order valence-corrected chi connectivity index (χ2v) is 7.52. The second-order valence-electron chi connectivity index (χ2n) is 5.80. The Labute approximate surface area is 149 Å². The minimum atomic E-state index is -3.74. The third-order valence-corrected chi connectivity index (χ3v) is 5.58. The van der Waals surface area contributed by atoms with Gasteiger partial charge in [-0.15, -0.1) is 0 Å². The third-order valence-electron chi connectivity index (χ3n) is 4.03. The quantitative estimate of drug-likeness (QED) is 0.797. The zero-order valence-corrected chi connectivity index (χ0v) is 15.6. The fourth-order valence-electron chi connectivity index (χ4n) is 2.59. The van der Waals surface area contributed by atoms with Crippen molar-refractivity contribution in [2.45, 2.75) is 44.6 Å². The summed E-state index contributed by atoms with van der Waals surface area (Å²) in [5, 5.41) is 2.89. The summed E-state index contributed by atoms with van der Waals surface area (Å²) in [5.41, 5.74) is 2.85. The van der Waals surface area contributed by atoms with Crippen molar-refractivity contribution in [2.75, 3.05) is 5.32 Å². The number of para-hydroxylation sites is 1. The molecule has 2 aromatic carbocycles. The fourth-order valence-corrected chi connectivity index (χ4v) is 3.81. The van der Waals surface area contributed by atoms with E-state index in [1.54, 1.807) is 18.2 Å². The SMILES string of the molecule is CCc1cccc(CC)c1NC(=O)[C@H](C)NS(=O)(=O)c1ccccc1. The molecule has 2 rings (SSSR count). The molecule has 25 heavy (non-hydrogen) atoms. The Kier molecular flexibility index (Phi) is 6.33. The lowest BCUT2D eigenvalue weighted by molar-refractivity contribution is -0.117. The van der Waals surface area contributed by atoms with Gasteiger partial charge in [0.15, 0.2) is 0 Å². The molecule has 0 aromatic heterocycles. The number of anilines is 1. The zero-order valence-electron chi connectivity index (χ0n) is 14.7. The maximum Gasteiger partial charge on any atom is 0.242 e. The van der Waals surface area contributed by atoms with Gasteiger partial charge >= 0.3 is 0 Å². The van der Waals surface area contributed by atoms with E-state index in [9.17, 15) is 13.2 Å². The van der Waals surface area contributed by atoms with Crippen LogP contribution in [0.25, 0.3) is 0 Å². The van der Waals surface area contributed by atoms with E-state index in [2.05, 4.69) is 10.0 Å². The molecular formula is C19H24N2O3S. The maximum atomic E-state index is 12.5. The molecule has 6 heteroatoms. The molecule has 0 aliphatic rings. The van der Waals surface area contributed by atoms with E-state index in [0.29, 0.717) is 0 Å². The number of hydrogen-bond donors (Lipinski definition) is 2. The Morgan fingerprint density at radius 2 is 1.52 bits per heavy atom. The van der Waals surface area contributed by atoms with Crippen LogP contribution in [0, 0.1) is 0 Å². The molecule has 0 aliphatic carbocycles. The van der Waals surface area contributed by atoms with Gasteiger partial charge < -0.3 is 5.32 Å². The Balaban J connectivity index is 2.17. The smallest absolute Gasteiger partial charge is 0.242 e. The lowest BCUT2D eigenvalue weighted by Gasteiger charge is -2.18. The summed E-state index contributed by atoms with van der Waals surface area (Å²) >= 11 is 0. The first-order chi connectivity index (χ1) is 11.9. The summed E-state index contributed by atoms with van der Waals surface area (Å²) in [6.07, 6.45) is 1.57. The first kappa shape index (κ1) is 19.1. The van der Waals surface area contributed by atoms with E-state index in [1.807, 2.05) is 32.0 Å². The minimum absolute atomic E-state index is 0.137. The average Bonchev–Trinajstić information content (AvgIpc) is 2.62. The highest BCUT2D eigenvalue weighted by Gasteiger charge is 2.22. The Hall–Kier alpha value is -2.18. The molecule has 134 valence electrons. The molecular weight excluding hydrogens is 336 g/mol. The number of aryl methyl sites for hydroxylation is 2. The van der Waals surface area contributed by atoms with Crippen molar-refractivity contribution in [3.63, 3.8) is 0 Å². The van der Waals surface area contributed by atoms with E-state index < -0.39 is 16.1 Å². The van der Waals surface area contributed by atoms with Gasteiger partial charge in [-0.05, 0) is 43.0 Å². The van der Waals surface area contributed by atoms with Gasteiger partial charge in [0, 0.05) is 5.69 Å². The van der Waals surface area contributed by atoms with Crippen molar-refractivity contribution < 1.29 is 13.2 Å². The van der Waals surface area contributed by atoms with Gasteiger partial charge in [0.2, 0.25) is 15.9 Å². The molecule has 0 fully saturated rings. The van der Waals surface area contributed by atoms with Crippen molar-refractivity contribution in [3.8, 4) is 0 Å². The predicted octanol–water partition coefficient (Wildman–Crippen LogP) is 3.12. The van der Waals surface area contributed by atoms with Gasteiger partial charge in [0.25, 0.3) is 0 Å². The number of benzene rings is 2. The summed E-state index contributed by atoms with van der Waals surface area (Å²) in [4.78, 5) is 12.7. The van der Waals surface area contributed by atoms with E-state index in [0.717, 1.165) is 29.7 Å². The van der Waals surface area contributed by atoms with Crippen LogP contribution in [-0.2, 0) is 27.7 Å². The fraction of sp³-hybridized carbons (Fsp3) is 0.316. The van der Waals surface area contributed by atoms with E-state index in [4.69, 9.17) is 0 Å². The van der Waals surface area contributed by atoms with Crippen molar-refractivity contribution in [1.82, 2.24) is 4.72 Å². The first-order valence-electron chi connectivity index (χ1n) is 8.38. The molecule has 0 saturated carbocycles. The molecule has 1 atom stereocenters. The summed E-state index contributed by atoms with van der Waals surface area (Å²) in [6.45, 7) is 5.58. The van der Waals surface area contributed by atoms with Gasteiger partial charge in [0.1, 0.15) is 0 Å². The monoisotopic (exact) mass is 360 g/mol. The first-order valence-corrected chi connectivity index (χ1v) is 9.86. The van der Waals surface area contributed by atoms with Crippen LogP contribution in [0.3, 0.4) is 0 Å². The Bertz CT molecular complexity index is 811. The highest BCUT2D eigenvalue weighted by molar-refractivity contribution is 7.89. The van der Waals surface area contributed by atoms with Crippen LogP contribution >= 0.6 is 0 Å². The van der Waals surface area contributed by atoms with E-state index >= 15 is 0 Å². The molecule has 1 amide bonds. The van der Waals surface area contributed by atoms with Gasteiger partial charge in [-0.25, -0.2) is 8.42 Å². The number of hydrogen-bond acceptors (Lipinski definition) is 3. The van der Waals surface area contributed by atoms with Crippen LogP contribution in [0.15, 0.2) is 53.4 Å². The van der Waals surface area contributed by atoms with Crippen molar-refractivity contribution >= 4 is 21.6 Å². The molecule has 2 aromatic rings. The van der Waals surface area contributed by atoms with Crippen LogP contribution in [0.4, 0.5) is 5.69 Å². The van der Waals surface area contributed by atoms with Gasteiger partial charge in [-0.3, -0.25) is 4.79 Å². The van der Waals surface area contributed by atoms with Crippen LogP contribution in [0.1, 0.15) is 31.9 Å². The summed E-state index contributed by atoms with van der Waals surface area (Å²) in [7, 11) is -3.74. The normalized spacial score (nSPS) is 12.6. The number of rotatable bonds is 7. The molecule has 0 bridgehead atoms. The Morgan fingerprint density at radius 3 is 2.04 bits per heavy atom. The summed E-state index contributed by atoms with van der Waals surface area (Å²) < 4.78 is 27.1.